The Morgan fingerprint density at radius 1 is 1.18 bits per heavy atom. The molecule has 2 aliphatic rings. The summed E-state index contributed by atoms with van der Waals surface area (Å²) in [5, 5.41) is 20.7. The zero-order chi connectivity index (χ0) is 24.3. The number of esters is 1. The highest BCUT2D eigenvalue weighted by atomic mass is 16.5. The van der Waals surface area contributed by atoms with Gasteiger partial charge in [-0.05, 0) is 86.5 Å². The van der Waals surface area contributed by atoms with Crippen molar-refractivity contribution in [3.63, 3.8) is 0 Å². The van der Waals surface area contributed by atoms with Crippen LogP contribution in [0.5, 0.6) is 5.75 Å². The van der Waals surface area contributed by atoms with E-state index in [1.807, 2.05) is 13.0 Å². The Morgan fingerprint density at radius 2 is 1.88 bits per heavy atom. The molecular formula is C29H40O4. The Kier molecular flexibility index (Phi) is 7.58. The van der Waals surface area contributed by atoms with Crippen LogP contribution < -0.4 is 0 Å². The van der Waals surface area contributed by atoms with Crippen molar-refractivity contribution in [3.05, 3.63) is 60.7 Å². The fourth-order valence-electron chi connectivity index (χ4n) is 6.71. The minimum absolute atomic E-state index is 0.00944. The molecule has 0 bridgehead atoms. The second-order valence-corrected chi connectivity index (χ2v) is 10.9. The lowest BCUT2D eigenvalue weighted by Gasteiger charge is -2.61. The predicted molar refractivity (Wildman–Crippen MR) is 134 cm³/mol. The molecule has 0 amide bonds. The van der Waals surface area contributed by atoms with Crippen LogP contribution in [0.4, 0.5) is 0 Å². The van der Waals surface area contributed by atoms with Crippen molar-refractivity contribution in [1.82, 2.24) is 0 Å². The summed E-state index contributed by atoms with van der Waals surface area (Å²) in [4.78, 5) is 12.5. The van der Waals surface area contributed by atoms with Gasteiger partial charge in [0.05, 0.1) is 12.2 Å². The highest BCUT2D eigenvalue weighted by Gasteiger charge is 2.59. The van der Waals surface area contributed by atoms with Gasteiger partial charge in [0.15, 0.2) is 0 Å². The zero-order valence-electron chi connectivity index (χ0n) is 20.5. The molecule has 1 aromatic rings. The first-order valence-electron chi connectivity index (χ1n) is 12.2. The molecule has 2 aliphatic carbocycles. The number of fused-ring (bicyclic) bond motifs is 1. The van der Waals surface area contributed by atoms with E-state index < -0.39 is 5.60 Å². The number of hydrogen-bond acceptors (Lipinski definition) is 4. The van der Waals surface area contributed by atoms with Crippen molar-refractivity contribution >= 4 is 12.0 Å². The van der Waals surface area contributed by atoms with Gasteiger partial charge in [-0.15, -0.1) is 0 Å². The number of allylic oxidation sites excluding steroid dienone is 2. The highest BCUT2D eigenvalue weighted by molar-refractivity contribution is 5.87. The molecule has 180 valence electrons. The van der Waals surface area contributed by atoms with Crippen LogP contribution in [0.25, 0.3) is 6.08 Å². The molecule has 4 heteroatoms. The van der Waals surface area contributed by atoms with Crippen LogP contribution in [0.2, 0.25) is 0 Å². The van der Waals surface area contributed by atoms with E-state index in [9.17, 15) is 15.0 Å². The Hall–Kier alpha value is -2.33. The first kappa shape index (κ1) is 25.3. The lowest BCUT2D eigenvalue weighted by Crippen LogP contribution is -2.59. The highest BCUT2D eigenvalue weighted by Crippen LogP contribution is 2.63. The normalized spacial score (nSPS) is 33.9. The summed E-state index contributed by atoms with van der Waals surface area (Å²) in [5.74, 6) is 0.403. The molecule has 0 spiro atoms. The van der Waals surface area contributed by atoms with Gasteiger partial charge in [-0.2, -0.15) is 0 Å². The van der Waals surface area contributed by atoms with Gasteiger partial charge in [-0.3, -0.25) is 0 Å². The van der Waals surface area contributed by atoms with Crippen molar-refractivity contribution in [2.45, 2.75) is 71.3 Å². The fourth-order valence-corrected chi connectivity index (χ4v) is 6.71. The van der Waals surface area contributed by atoms with Crippen molar-refractivity contribution in [2.24, 2.45) is 22.7 Å². The number of rotatable bonds is 8. The first-order valence-corrected chi connectivity index (χ1v) is 12.2. The van der Waals surface area contributed by atoms with Crippen molar-refractivity contribution < 1.29 is 19.7 Å². The quantitative estimate of drug-likeness (QED) is 0.270. The lowest BCUT2D eigenvalue weighted by atomic mass is 9.45. The molecule has 0 unspecified atom stereocenters. The summed E-state index contributed by atoms with van der Waals surface area (Å²) in [6.45, 7) is 14.9. The van der Waals surface area contributed by atoms with Crippen molar-refractivity contribution in [2.75, 3.05) is 6.61 Å². The minimum atomic E-state index is -0.700. The monoisotopic (exact) mass is 452 g/mol. The maximum atomic E-state index is 12.5. The summed E-state index contributed by atoms with van der Waals surface area (Å²) in [6.07, 6.45) is 11.6. The van der Waals surface area contributed by atoms with Crippen molar-refractivity contribution in [1.29, 1.82) is 0 Å². The van der Waals surface area contributed by atoms with Gasteiger partial charge >= 0.3 is 5.97 Å². The largest absolute Gasteiger partial charge is 0.508 e. The van der Waals surface area contributed by atoms with E-state index in [4.69, 9.17) is 4.74 Å². The average molecular weight is 453 g/mol. The standard InChI is InChI=1S/C29H40O4/c1-6-21(2)8-14-25-28(4)18-7-17-27(3,24(28)16-19-29(25,5)32)20-33-26(31)15-11-22-9-12-23(30)13-10-22/h6,9-13,15,24-25,30,32H,1-2,7-8,14,16-20H2,3-5H3/t24-,25-,27-,28+,29-/m1/s1. The van der Waals surface area contributed by atoms with Crippen LogP contribution in [0, 0.1) is 22.7 Å². The molecule has 0 heterocycles. The minimum Gasteiger partial charge on any atom is -0.508 e. The van der Waals surface area contributed by atoms with Gasteiger partial charge in [-0.25, -0.2) is 4.79 Å². The molecule has 2 N–H and O–H groups in total. The Balaban J connectivity index is 1.71. The van der Waals surface area contributed by atoms with E-state index in [0.717, 1.165) is 56.1 Å². The molecule has 5 atom stereocenters. The van der Waals surface area contributed by atoms with Gasteiger partial charge in [-0.1, -0.05) is 57.2 Å². The number of aliphatic hydroxyl groups is 1. The molecule has 0 radical (unpaired) electrons. The van der Waals surface area contributed by atoms with E-state index in [1.165, 1.54) is 6.08 Å². The van der Waals surface area contributed by atoms with Crippen molar-refractivity contribution in [3.8, 4) is 5.75 Å². The van der Waals surface area contributed by atoms with E-state index in [2.05, 4.69) is 27.0 Å². The van der Waals surface area contributed by atoms with Gasteiger partial charge in [0.1, 0.15) is 5.75 Å². The van der Waals surface area contributed by atoms with Crippen LogP contribution in [0.15, 0.2) is 55.1 Å². The number of carbonyl (C=O) groups excluding carboxylic acids is 1. The summed E-state index contributed by atoms with van der Waals surface area (Å²) in [7, 11) is 0. The first-order chi connectivity index (χ1) is 15.5. The number of phenols is 1. The predicted octanol–water partition coefficient (Wildman–Crippen LogP) is 6.44. The number of hydrogen-bond donors (Lipinski definition) is 2. The Morgan fingerprint density at radius 3 is 2.55 bits per heavy atom. The molecule has 0 aliphatic heterocycles. The third-order valence-electron chi connectivity index (χ3n) is 8.48. The molecule has 2 saturated carbocycles. The van der Waals surface area contributed by atoms with Crippen LogP contribution in [-0.2, 0) is 9.53 Å². The number of carbonyl (C=O) groups is 1. The molecular weight excluding hydrogens is 412 g/mol. The lowest BCUT2D eigenvalue weighted by molar-refractivity contribution is -0.185. The number of aromatic hydroxyl groups is 1. The molecule has 4 nitrogen and oxygen atoms in total. The summed E-state index contributed by atoms with van der Waals surface area (Å²) >= 11 is 0. The number of benzene rings is 1. The topological polar surface area (TPSA) is 66.8 Å². The van der Waals surface area contributed by atoms with Gasteiger partial charge in [0.25, 0.3) is 0 Å². The van der Waals surface area contributed by atoms with Gasteiger partial charge in [0.2, 0.25) is 0 Å². The number of phenolic OH excluding ortho intramolecular Hbond substituents is 1. The second kappa shape index (κ2) is 9.89. The molecule has 33 heavy (non-hydrogen) atoms. The SMILES string of the molecule is C=CC(=C)CC[C@@H]1[C@@]2(C)CCC[C@](C)(COC(=O)C=Cc3ccc(O)cc3)[C@H]2CC[C@@]1(C)O. The van der Waals surface area contributed by atoms with E-state index in [-0.39, 0.29) is 28.5 Å². The summed E-state index contributed by atoms with van der Waals surface area (Å²) in [6, 6.07) is 6.69. The van der Waals surface area contributed by atoms with Crippen LogP contribution in [0.1, 0.15) is 71.3 Å². The second-order valence-electron chi connectivity index (χ2n) is 10.9. The molecule has 2 fully saturated rings. The van der Waals surface area contributed by atoms with E-state index >= 15 is 0 Å². The van der Waals surface area contributed by atoms with E-state index in [1.54, 1.807) is 30.3 Å². The third-order valence-corrected chi connectivity index (χ3v) is 8.48. The van der Waals surface area contributed by atoms with Crippen LogP contribution in [0.3, 0.4) is 0 Å². The summed E-state index contributed by atoms with van der Waals surface area (Å²) < 4.78 is 5.76. The molecule has 3 rings (SSSR count). The molecule has 1 aromatic carbocycles. The maximum absolute atomic E-state index is 12.5. The van der Waals surface area contributed by atoms with E-state index in [0.29, 0.717) is 12.5 Å². The Labute approximate surface area is 199 Å². The smallest absolute Gasteiger partial charge is 0.330 e. The summed E-state index contributed by atoms with van der Waals surface area (Å²) in [5.41, 5.74) is 1.03. The number of ether oxygens (including phenoxy) is 1. The fraction of sp³-hybridized carbons (Fsp3) is 0.552. The zero-order valence-corrected chi connectivity index (χ0v) is 20.5. The Bertz CT molecular complexity index is 897. The van der Waals surface area contributed by atoms with Crippen LogP contribution >= 0.6 is 0 Å². The van der Waals surface area contributed by atoms with Crippen LogP contribution in [-0.4, -0.2) is 28.4 Å². The third kappa shape index (κ3) is 5.60. The van der Waals surface area contributed by atoms with Gasteiger partial charge in [0, 0.05) is 11.5 Å². The van der Waals surface area contributed by atoms with Gasteiger partial charge < -0.3 is 14.9 Å². The molecule has 0 saturated heterocycles. The molecule has 0 aromatic heterocycles. The average Bonchev–Trinajstić information content (AvgIpc) is 2.76. The maximum Gasteiger partial charge on any atom is 0.330 e.